The largest absolute Gasteiger partial charge is 0.371 e. The molecule has 1 aromatic rings. The van der Waals surface area contributed by atoms with Crippen LogP contribution in [0.4, 0.5) is 5.69 Å². The number of halogens is 1. The second kappa shape index (κ2) is 9.22. The van der Waals surface area contributed by atoms with Crippen LogP contribution in [-0.4, -0.2) is 68.9 Å². The first-order chi connectivity index (χ1) is 12.7. The summed E-state index contributed by atoms with van der Waals surface area (Å²) in [5, 5.41) is 12.6. The highest BCUT2D eigenvalue weighted by Crippen LogP contribution is 2.20. The molecule has 7 nitrogen and oxygen atoms in total. The molecule has 0 spiro atoms. The summed E-state index contributed by atoms with van der Waals surface area (Å²) in [6.45, 7) is 1.19. The number of rotatable bonds is 7. The van der Waals surface area contributed by atoms with Crippen LogP contribution in [0.25, 0.3) is 0 Å². The fourth-order valence-corrected chi connectivity index (χ4v) is 4.71. The molecule has 1 heterocycles. The van der Waals surface area contributed by atoms with Crippen molar-refractivity contribution in [2.24, 2.45) is 0 Å². The van der Waals surface area contributed by atoms with E-state index in [1.807, 2.05) is 25.1 Å². The quantitative estimate of drug-likeness (QED) is 0.543. The van der Waals surface area contributed by atoms with E-state index in [0.29, 0.717) is 30.2 Å². The third-order valence-corrected chi connectivity index (χ3v) is 6.21. The Morgan fingerprint density at radius 2 is 2.15 bits per heavy atom. The molecule has 1 amide bonds. The third-order valence-electron chi connectivity index (χ3n) is 4.23. The molecule has 1 unspecified atom stereocenters. The minimum atomic E-state index is -3.08. The van der Waals surface area contributed by atoms with E-state index in [-0.39, 0.29) is 23.1 Å². The van der Waals surface area contributed by atoms with Gasteiger partial charge in [0.15, 0.2) is 9.84 Å². The zero-order chi connectivity index (χ0) is 20.0. The predicted molar refractivity (Wildman–Crippen MR) is 106 cm³/mol. The van der Waals surface area contributed by atoms with Gasteiger partial charge in [-0.2, -0.15) is 5.26 Å². The van der Waals surface area contributed by atoms with Crippen LogP contribution in [0.1, 0.15) is 6.42 Å². The van der Waals surface area contributed by atoms with Crippen molar-refractivity contribution in [3.05, 3.63) is 41.1 Å². The van der Waals surface area contributed by atoms with Gasteiger partial charge in [-0.25, -0.2) is 8.42 Å². The summed E-state index contributed by atoms with van der Waals surface area (Å²) in [5.74, 6) is -0.401. The van der Waals surface area contributed by atoms with Gasteiger partial charge in [-0.3, -0.25) is 4.79 Å². The van der Waals surface area contributed by atoms with Gasteiger partial charge >= 0.3 is 0 Å². The number of likely N-dealkylation sites (N-methyl/N-ethyl adjacent to an activating group) is 1. The van der Waals surface area contributed by atoms with Gasteiger partial charge in [-0.1, -0.05) is 17.7 Å². The fraction of sp³-hybridized carbons (Fsp3) is 0.444. The van der Waals surface area contributed by atoms with Gasteiger partial charge in [-0.15, -0.1) is 0 Å². The second-order valence-corrected chi connectivity index (χ2v) is 9.38. The van der Waals surface area contributed by atoms with Crippen LogP contribution in [0.3, 0.4) is 0 Å². The number of carbonyl (C=O) groups is 1. The van der Waals surface area contributed by atoms with Crippen LogP contribution in [0.5, 0.6) is 0 Å². The Morgan fingerprint density at radius 1 is 1.41 bits per heavy atom. The van der Waals surface area contributed by atoms with E-state index < -0.39 is 15.7 Å². The molecule has 0 aliphatic carbocycles. The lowest BCUT2D eigenvalue weighted by atomic mass is 10.2. The monoisotopic (exact) mass is 410 g/mol. The zero-order valence-electron chi connectivity index (χ0n) is 15.4. The average Bonchev–Trinajstić information content (AvgIpc) is 2.94. The standard InChI is InChI=1S/C18H23ClN4O3S/c1-22(2)7-8-23(17-6-9-27(25,26)13-17)12-14(11-20)18(24)21-16-5-3-4-15(19)10-16/h3-5,10,12,17H,6-9,13H2,1-2H3,(H,21,24)/b14-12-. The molecule has 1 fully saturated rings. The molecule has 0 radical (unpaired) electrons. The Labute approximate surface area is 165 Å². The summed E-state index contributed by atoms with van der Waals surface area (Å²) in [6, 6.07) is 8.31. The normalized spacial score (nSPS) is 18.9. The van der Waals surface area contributed by atoms with Crippen molar-refractivity contribution >= 4 is 33.0 Å². The van der Waals surface area contributed by atoms with Crippen LogP contribution in [0.15, 0.2) is 36.0 Å². The highest BCUT2D eigenvalue weighted by Gasteiger charge is 2.31. The highest BCUT2D eigenvalue weighted by atomic mass is 35.5. The number of hydrogen-bond acceptors (Lipinski definition) is 6. The summed E-state index contributed by atoms with van der Waals surface area (Å²) >= 11 is 5.91. The van der Waals surface area contributed by atoms with Gasteiger partial charge in [0.05, 0.1) is 11.5 Å². The van der Waals surface area contributed by atoms with E-state index >= 15 is 0 Å². The first-order valence-corrected chi connectivity index (χ1v) is 10.7. The predicted octanol–water partition coefficient (Wildman–Crippen LogP) is 1.74. The summed E-state index contributed by atoms with van der Waals surface area (Å²) in [4.78, 5) is 16.2. The molecule has 9 heteroatoms. The molecule has 1 aliphatic rings. The van der Waals surface area contributed by atoms with E-state index in [0.717, 1.165) is 0 Å². The van der Waals surface area contributed by atoms with Crippen molar-refractivity contribution in [1.29, 1.82) is 5.26 Å². The average molecular weight is 411 g/mol. The SMILES string of the molecule is CN(C)CCN(/C=C(/C#N)C(=O)Nc1cccc(Cl)c1)C1CCS(=O)(=O)C1. The van der Waals surface area contributed by atoms with Gasteiger partial charge < -0.3 is 15.1 Å². The Hall–Kier alpha value is -2.08. The van der Waals surface area contributed by atoms with Crippen molar-refractivity contribution in [3.63, 3.8) is 0 Å². The molecule has 1 atom stereocenters. The van der Waals surface area contributed by atoms with E-state index in [2.05, 4.69) is 5.32 Å². The van der Waals surface area contributed by atoms with Crippen LogP contribution in [-0.2, 0) is 14.6 Å². The molecule has 1 N–H and O–H groups in total. The summed E-state index contributed by atoms with van der Waals surface area (Å²) in [6.07, 6.45) is 1.95. The van der Waals surface area contributed by atoms with Crippen LogP contribution in [0.2, 0.25) is 5.02 Å². The van der Waals surface area contributed by atoms with Gasteiger partial charge in [0, 0.05) is 36.0 Å². The number of nitrogens with one attached hydrogen (secondary N) is 1. The maximum absolute atomic E-state index is 12.5. The van der Waals surface area contributed by atoms with Crippen molar-refractivity contribution in [2.45, 2.75) is 12.5 Å². The number of nitrogens with zero attached hydrogens (tertiary/aromatic N) is 3. The molecule has 1 saturated heterocycles. The van der Waals surface area contributed by atoms with Crippen molar-refractivity contribution in [3.8, 4) is 6.07 Å². The van der Waals surface area contributed by atoms with Crippen LogP contribution >= 0.6 is 11.6 Å². The third kappa shape index (κ3) is 6.54. The van der Waals surface area contributed by atoms with Crippen molar-refractivity contribution in [1.82, 2.24) is 9.80 Å². The lowest BCUT2D eigenvalue weighted by Crippen LogP contribution is -2.37. The molecule has 27 heavy (non-hydrogen) atoms. The maximum Gasteiger partial charge on any atom is 0.267 e. The van der Waals surface area contributed by atoms with Crippen LogP contribution in [0, 0.1) is 11.3 Å². The van der Waals surface area contributed by atoms with E-state index in [1.165, 1.54) is 6.20 Å². The first-order valence-electron chi connectivity index (χ1n) is 8.50. The van der Waals surface area contributed by atoms with E-state index in [4.69, 9.17) is 11.6 Å². The molecular weight excluding hydrogens is 388 g/mol. The van der Waals surface area contributed by atoms with Gasteiger partial charge in [0.1, 0.15) is 11.6 Å². The Morgan fingerprint density at radius 3 is 2.70 bits per heavy atom. The lowest BCUT2D eigenvalue weighted by molar-refractivity contribution is -0.112. The number of carbonyl (C=O) groups excluding carboxylic acids is 1. The number of nitriles is 1. The van der Waals surface area contributed by atoms with Gasteiger partial charge in [-0.05, 0) is 38.7 Å². The molecule has 0 saturated carbocycles. The number of hydrogen-bond donors (Lipinski definition) is 1. The molecule has 2 rings (SSSR count). The zero-order valence-corrected chi connectivity index (χ0v) is 16.9. The van der Waals surface area contributed by atoms with E-state index in [1.54, 1.807) is 29.2 Å². The minimum Gasteiger partial charge on any atom is -0.371 e. The number of sulfone groups is 1. The van der Waals surface area contributed by atoms with Crippen molar-refractivity contribution in [2.75, 3.05) is 44.0 Å². The summed E-state index contributed by atoms with van der Waals surface area (Å²) in [5.41, 5.74) is 0.398. The number of benzene rings is 1. The molecule has 0 bridgehead atoms. The summed E-state index contributed by atoms with van der Waals surface area (Å²) in [7, 11) is 0.736. The van der Waals surface area contributed by atoms with E-state index in [9.17, 15) is 18.5 Å². The highest BCUT2D eigenvalue weighted by molar-refractivity contribution is 7.91. The first kappa shape index (κ1) is 21.2. The number of amides is 1. The Kier molecular flexibility index (Phi) is 7.25. The molecule has 1 aromatic carbocycles. The summed E-state index contributed by atoms with van der Waals surface area (Å²) < 4.78 is 23.7. The maximum atomic E-state index is 12.5. The molecule has 146 valence electrons. The van der Waals surface area contributed by atoms with Crippen molar-refractivity contribution < 1.29 is 13.2 Å². The Bertz CT molecular complexity index is 862. The number of anilines is 1. The van der Waals surface area contributed by atoms with Gasteiger partial charge in [0.2, 0.25) is 0 Å². The molecule has 1 aliphatic heterocycles. The van der Waals surface area contributed by atoms with Crippen LogP contribution < -0.4 is 5.32 Å². The smallest absolute Gasteiger partial charge is 0.267 e. The Balaban J connectivity index is 2.20. The fourth-order valence-electron chi connectivity index (χ4n) is 2.77. The minimum absolute atomic E-state index is 0.0333. The molecular formula is C18H23ClN4O3S. The second-order valence-electron chi connectivity index (χ2n) is 6.72. The lowest BCUT2D eigenvalue weighted by Gasteiger charge is -2.28. The molecule has 0 aromatic heterocycles. The topological polar surface area (TPSA) is 93.5 Å². The van der Waals surface area contributed by atoms with Gasteiger partial charge in [0.25, 0.3) is 5.91 Å².